The maximum Gasteiger partial charge on any atom is 0.416 e. The van der Waals surface area contributed by atoms with E-state index >= 15 is 0 Å². The number of alkyl halides is 3. The van der Waals surface area contributed by atoms with Crippen LogP contribution in [0.2, 0.25) is 0 Å². The average Bonchev–Trinajstić information content (AvgIpc) is 3.33. The number of rotatable bonds is 4. The molecule has 6 nitrogen and oxygen atoms in total. The zero-order valence-corrected chi connectivity index (χ0v) is 19.2. The summed E-state index contributed by atoms with van der Waals surface area (Å²) in [5, 5.41) is 3.42. The Labute approximate surface area is 197 Å². The maximum atomic E-state index is 12.9. The largest absolute Gasteiger partial charge is 0.416 e. The Morgan fingerprint density at radius 3 is 2.50 bits per heavy atom. The average molecular weight is 506 g/mol. The summed E-state index contributed by atoms with van der Waals surface area (Å²) < 4.78 is 66.4. The Balaban J connectivity index is 1.44. The number of benzene rings is 2. The summed E-state index contributed by atoms with van der Waals surface area (Å²) in [5.74, 6) is -0.353. The van der Waals surface area contributed by atoms with E-state index in [0.717, 1.165) is 55.6 Å². The molecule has 0 radical (unpaired) electrons. The van der Waals surface area contributed by atoms with Crippen molar-refractivity contribution in [1.29, 1.82) is 0 Å². The molecule has 5 rings (SSSR count). The van der Waals surface area contributed by atoms with Crippen molar-refractivity contribution in [2.75, 3.05) is 10.0 Å². The van der Waals surface area contributed by atoms with Crippen LogP contribution in [0.25, 0.3) is 11.6 Å². The fraction of sp³-hybridized carbons (Fsp3) is 0.217. The van der Waals surface area contributed by atoms with Crippen LogP contribution in [0.5, 0.6) is 0 Å². The smallest absolute Gasteiger partial charge is 0.321 e. The van der Waals surface area contributed by atoms with Gasteiger partial charge in [0.05, 0.1) is 21.7 Å². The van der Waals surface area contributed by atoms with Gasteiger partial charge in [0, 0.05) is 21.8 Å². The molecule has 1 amide bonds. The molecule has 0 saturated carbocycles. The van der Waals surface area contributed by atoms with Gasteiger partial charge in [-0.25, -0.2) is 13.4 Å². The van der Waals surface area contributed by atoms with Crippen LogP contribution in [0.15, 0.2) is 47.4 Å². The molecule has 0 bridgehead atoms. The van der Waals surface area contributed by atoms with Gasteiger partial charge in [0.15, 0.2) is 0 Å². The lowest BCUT2D eigenvalue weighted by molar-refractivity contribution is -0.137. The molecule has 3 aromatic rings. The number of hydrogen-bond donors (Lipinski definition) is 2. The minimum absolute atomic E-state index is 0.00756. The highest BCUT2D eigenvalue weighted by Crippen LogP contribution is 2.37. The molecule has 0 fully saturated rings. The monoisotopic (exact) mass is 505 g/mol. The van der Waals surface area contributed by atoms with Gasteiger partial charge < -0.3 is 5.32 Å². The molecule has 0 spiro atoms. The number of hydrogen-bond acceptors (Lipinski definition) is 5. The summed E-state index contributed by atoms with van der Waals surface area (Å²) in [6.45, 7) is 0. The van der Waals surface area contributed by atoms with Gasteiger partial charge >= 0.3 is 6.18 Å². The molecule has 0 unspecified atom stereocenters. The van der Waals surface area contributed by atoms with Crippen LogP contribution in [-0.2, 0) is 33.8 Å². The Hall–Kier alpha value is -3.18. The first kappa shape index (κ1) is 22.6. The molecule has 2 aromatic carbocycles. The summed E-state index contributed by atoms with van der Waals surface area (Å²) in [5.41, 5.74) is 1.38. The molecule has 1 aliphatic carbocycles. The van der Waals surface area contributed by atoms with Crippen molar-refractivity contribution < 1.29 is 26.4 Å². The number of nitrogens with zero attached hydrogens (tertiary/aromatic N) is 1. The lowest BCUT2D eigenvalue weighted by Gasteiger charge is -2.11. The number of halogens is 3. The number of carbonyl (C=O) groups is 1. The normalized spacial score (nSPS) is 16.8. The number of thiazole rings is 1. The van der Waals surface area contributed by atoms with Crippen molar-refractivity contribution in [3.05, 3.63) is 69.2 Å². The van der Waals surface area contributed by atoms with Crippen molar-refractivity contribution in [3.8, 4) is 0 Å². The highest BCUT2D eigenvalue weighted by molar-refractivity contribution is 7.92. The molecule has 2 heterocycles. The third-order valence-electron chi connectivity index (χ3n) is 5.68. The first-order valence-electron chi connectivity index (χ1n) is 10.5. The summed E-state index contributed by atoms with van der Waals surface area (Å²) in [4.78, 5) is 18.3. The zero-order valence-electron chi connectivity index (χ0n) is 17.6. The van der Waals surface area contributed by atoms with Gasteiger partial charge in [-0.3, -0.25) is 9.52 Å². The standard InChI is InChI=1S/C23H18F3N3O3S2/c24-23(25,26)13-5-7-14(8-6-13)29-34(31,32)15-9-10-18-16(11-15)17(22(30)28-18)12-21-27-19-3-1-2-4-20(19)33-21/h5-12,29H,1-4H2,(H,28,30). The van der Waals surface area contributed by atoms with Gasteiger partial charge in [-0.1, -0.05) is 0 Å². The Kier molecular flexibility index (Phi) is 5.48. The molecular weight excluding hydrogens is 487 g/mol. The number of fused-ring (bicyclic) bond motifs is 2. The van der Waals surface area contributed by atoms with Gasteiger partial charge in [0.2, 0.25) is 0 Å². The fourth-order valence-electron chi connectivity index (χ4n) is 3.98. The number of anilines is 2. The maximum absolute atomic E-state index is 12.9. The minimum Gasteiger partial charge on any atom is -0.321 e. The van der Waals surface area contributed by atoms with E-state index in [-0.39, 0.29) is 16.5 Å². The quantitative estimate of drug-likeness (QED) is 0.469. The number of sulfonamides is 1. The summed E-state index contributed by atoms with van der Waals surface area (Å²) >= 11 is 1.54. The molecule has 1 aliphatic heterocycles. The number of nitrogens with one attached hydrogen (secondary N) is 2. The predicted octanol–water partition coefficient (Wildman–Crippen LogP) is 5.33. The summed E-state index contributed by atoms with van der Waals surface area (Å²) in [7, 11) is -4.11. The summed E-state index contributed by atoms with van der Waals surface area (Å²) in [6, 6.07) is 7.90. The Morgan fingerprint density at radius 1 is 1.06 bits per heavy atom. The van der Waals surface area contributed by atoms with Crippen LogP contribution in [0.3, 0.4) is 0 Å². The van der Waals surface area contributed by atoms with Crippen molar-refractivity contribution in [2.24, 2.45) is 0 Å². The van der Waals surface area contributed by atoms with Gasteiger partial charge in [-0.15, -0.1) is 11.3 Å². The lowest BCUT2D eigenvalue weighted by atomic mass is 10.0. The van der Waals surface area contributed by atoms with Crippen LogP contribution in [-0.4, -0.2) is 19.3 Å². The second-order valence-corrected chi connectivity index (χ2v) is 10.8. The van der Waals surface area contributed by atoms with Crippen molar-refractivity contribution >= 4 is 50.3 Å². The number of carbonyl (C=O) groups excluding carboxylic acids is 1. The minimum atomic E-state index is -4.52. The topological polar surface area (TPSA) is 88.2 Å². The highest BCUT2D eigenvalue weighted by atomic mass is 32.2. The van der Waals surface area contributed by atoms with E-state index in [1.54, 1.807) is 6.08 Å². The molecule has 1 aromatic heterocycles. The van der Waals surface area contributed by atoms with Crippen LogP contribution in [0.1, 0.15) is 39.5 Å². The van der Waals surface area contributed by atoms with E-state index in [9.17, 15) is 26.4 Å². The van der Waals surface area contributed by atoms with Gasteiger partial charge in [0.1, 0.15) is 5.01 Å². The van der Waals surface area contributed by atoms with Crippen molar-refractivity contribution in [1.82, 2.24) is 4.98 Å². The SMILES string of the molecule is O=C1Nc2ccc(S(=O)(=O)Nc3ccc(C(F)(F)F)cc3)cc2C1=Cc1nc2c(s1)CCCC2. The van der Waals surface area contributed by atoms with E-state index in [0.29, 0.717) is 21.8 Å². The van der Waals surface area contributed by atoms with Gasteiger partial charge in [0.25, 0.3) is 15.9 Å². The van der Waals surface area contributed by atoms with Crippen LogP contribution >= 0.6 is 11.3 Å². The first-order valence-corrected chi connectivity index (χ1v) is 12.8. The van der Waals surface area contributed by atoms with E-state index in [1.165, 1.54) is 34.4 Å². The Morgan fingerprint density at radius 2 is 1.79 bits per heavy atom. The lowest BCUT2D eigenvalue weighted by Crippen LogP contribution is -2.13. The van der Waals surface area contributed by atoms with E-state index < -0.39 is 21.8 Å². The molecule has 0 atom stereocenters. The first-order chi connectivity index (χ1) is 16.1. The van der Waals surface area contributed by atoms with E-state index in [4.69, 9.17) is 0 Å². The van der Waals surface area contributed by atoms with E-state index in [2.05, 4.69) is 15.0 Å². The fourth-order valence-corrected chi connectivity index (χ4v) is 6.16. The third-order valence-corrected chi connectivity index (χ3v) is 8.16. The number of aryl methyl sites for hydroxylation is 2. The third kappa shape index (κ3) is 4.32. The molecule has 0 saturated heterocycles. The van der Waals surface area contributed by atoms with Gasteiger partial charge in [-0.05, 0) is 74.2 Å². The highest BCUT2D eigenvalue weighted by Gasteiger charge is 2.31. The second-order valence-electron chi connectivity index (χ2n) is 8.03. The van der Waals surface area contributed by atoms with Gasteiger partial charge in [-0.2, -0.15) is 13.2 Å². The summed E-state index contributed by atoms with van der Waals surface area (Å²) in [6.07, 6.45) is 1.23. The van der Waals surface area contributed by atoms with Crippen molar-refractivity contribution in [3.63, 3.8) is 0 Å². The van der Waals surface area contributed by atoms with Crippen LogP contribution in [0.4, 0.5) is 24.5 Å². The molecule has 2 aliphatic rings. The molecule has 176 valence electrons. The number of aromatic nitrogens is 1. The molecule has 34 heavy (non-hydrogen) atoms. The second kappa shape index (κ2) is 8.24. The number of amides is 1. The molecular formula is C23H18F3N3O3S2. The molecule has 2 N–H and O–H groups in total. The van der Waals surface area contributed by atoms with Crippen LogP contribution < -0.4 is 10.0 Å². The van der Waals surface area contributed by atoms with E-state index in [1.807, 2.05) is 0 Å². The predicted molar refractivity (Wildman–Crippen MR) is 124 cm³/mol. The molecule has 11 heteroatoms. The van der Waals surface area contributed by atoms with Crippen LogP contribution in [0, 0.1) is 0 Å². The Bertz CT molecular complexity index is 1400. The van der Waals surface area contributed by atoms with Crippen molar-refractivity contribution in [2.45, 2.75) is 36.8 Å². The zero-order chi connectivity index (χ0) is 24.1.